The molecule has 1 aromatic carbocycles. The van der Waals surface area contributed by atoms with Crippen LogP contribution in [0.15, 0.2) is 30.3 Å². The molecule has 1 aromatic heterocycles. The number of aromatic nitrogens is 1. The molecule has 0 aliphatic carbocycles. The van der Waals surface area contributed by atoms with E-state index >= 15 is 0 Å². The summed E-state index contributed by atoms with van der Waals surface area (Å²) >= 11 is 0. The molecule has 0 aliphatic rings. The molecular weight excluding hydrogens is 344 g/mol. The zero-order valence-corrected chi connectivity index (χ0v) is 16.3. The molecule has 3 N–H and O–H groups in total. The largest absolute Gasteiger partial charge is 0.451 e. The summed E-state index contributed by atoms with van der Waals surface area (Å²) < 4.78 is 5.12. The number of rotatable bonds is 8. The van der Waals surface area contributed by atoms with Gasteiger partial charge in [-0.3, -0.25) is 4.79 Å². The minimum Gasteiger partial charge on any atom is -0.451 e. The van der Waals surface area contributed by atoms with E-state index < -0.39 is 12.1 Å². The molecular formula is C21H28N2O4. The molecule has 0 fully saturated rings. The number of amides is 1. The average molecular weight is 372 g/mol. The number of hydrogen-bond acceptors (Lipinski definition) is 4. The molecule has 27 heavy (non-hydrogen) atoms. The van der Waals surface area contributed by atoms with E-state index in [0.29, 0.717) is 16.8 Å². The van der Waals surface area contributed by atoms with Gasteiger partial charge in [0.05, 0.1) is 6.10 Å². The predicted molar refractivity (Wildman–Crippen MR) is 104 cm³/mol. The van der Waals surface area contributed by atoms with E-state index in [4.69, 9.17) is 4.74 Å². The first-order chi connectivity index (χ1) is 12.8. The van der Waals surface area contributed by atoms with Gasteiger partial charge in [0.25, 0.3) is 5.91 Å². The first-order valence-electron chi connectivity index (χ1n) is 9.17. The van der Waals surface area contributed by atoms with E-state index in [0.717, 1.165) is 12.8 Å². The second-order valence-electron chi connectivity index (χ2n) is 6.91. The number of hydrogen-bond donors (Lipinski definition) is 3. The van der Waals surface area contributed by atoms with Gasteiger partial charge in [-0.2, -0.15) is 0 Å². The number of aliphatic hydroxyl groups is 1. The van der Waals surface area contributed by atoms with Crippen molar-refractivity contribution in [1.29, 1.82) is 0 Å². The van der Waals surface area contributed by atoms with Gasteiger partial charge in [0.1, 0.15) is 5.69 Å². The number of aromatic amines is 1. The first kappa shape index (κ1) is 20.7. The van der Waals surface area contributed by atoms with Crippen molar-refractivity contribution in [3.05, 3.63) is 58.4 Å². The Balaban J connectivity index is 1.81. The van der Waals surface area contributed by atoms with Crippen LogP contribution in [0.25, 0.3) is 0 Å². The van der Waals surface area contributed by atoms with Gasteiger partial charge in [-0.15, -0.1) is 0 Å². The number of H-pyrrole nitrogens is 1. The van der Waals surface area contributed by atoms with Gasteiger partial charge in [0.15, 0.2) is 6.61 Å². The van der Waals surface area contributed by atoms with Crippen LogP contribution in [0.3, 0.4) is 0 Å². The summed E-state index contributed by atoms with van der Waals surface area (Å²) in [7, 11) is 0. The van der Waals surface area contributed by atoms with Crippen molar-refractivity contribution in [1.82, 2.24) is 10.3 Å². The van der Waals surface area contributed by atoms with Crippen molar-refractivity contribution in [3.63, 3.8) is 0 Å². The lowest BCUT2D eigenvalue weighted by atomic mass is 10.1. The van der Waals surface area contributed by atoms with Crippen molar-refractivity contribution >= 4 is 11.9 Å². The topological polar surface area (TPSA) is 91.4 Å². The van der Waals surface area contributed by atoms with E-state index in [2.05, 4.69) is 22.4 Å². The lowest BCUT2D eigenvalue weighted by Gasteiger charge is -2.14. The molecule has 0 saturated carbocycles. The SMILES string of the molecule is Cc1[nH]c(C(=O)OCC(=O)N[C@H](C)CCc2ccccc2)c(C)c1[C@H](C)O. The van der Waals surface area contributed by atoms with Crippen molar-refractivity contribution in [2.45, 2.75) is 52.7 Å². The zero-order valence-electron chi connectivity index (χ0n) is 16.3. The number of nitrogens with one attached hydrogen (secondary N) is 2. The van der Waals surface area contributed by atoms with Crippen LogP contribution < -0.4 is 5.32 Å². The lowest BCUT2D eigenvalue weighted by molar-refractivity contribution is -0.124. The number of benzene rings is 1. The third-order valence-corrected chi connectivity index (χ3v) is 4.57. The molecule has 6 heteroatoms. The van der Waals surface area contributed by atoms with Gasteiger partial charge in [-0.05, 0) is 51.7 Å². The fraction of sp³-hybridized carbons (Fsp3) is 0.429. The van der Waals surface area contributed by atoms with Crippen molar-refractivity contribution in [2.24, 2.45) is 0 Å². The summed E-state index contributed by atoms with van der Waals surface area (Å²) in [5.41, 5.74) is 3.53. The van der Waals surface area contributed by atoms with Crippen molar-refractivity contribution < 1.29 is 19.4 Å². The molecule has 0 radical (unpaired) electrons. The van der Waals surface area contributed by atoms with Gasteiger partial charge in [-0.1, -0.05) is 30.3 Å². The molecule has 2 aromatic rings. The Morgan fingerprint density at radius 3 is 2.44 bits per heavy atom. The van der Waals surface area contributed by atoms with E-state index in [1.54, 1.807) is 20.8 Å². The van der Waals surface area contributed by atoms with E-state index in [1.807, 2.05) is 25.1 Å². The van der Waals surface area contributed by atoms with Crippen LogP contribution in [-0.2, 0) is 16.0 Å². The fourth-order valence-electron chi connectivity index (χ4n) is 3.22. The van der Waals surface area contributed by atoms with Gasteiger partial charge < -0.3 is 20.1 Å². The molecule has 2 rings (SSSR count). The highest BCUT2D eigenvalue weighted by Gasteiger charge is 2.21. The molecule has 6 nitrogen and oxygen atoms in total. The number of carbonyl (C=O) groups excluding carboxylic acids is 2. The Kier molecular flexibility index (Phi) is 7.19. The summed E-state index contributed by atoms with van der Waals surface area (Å²) in [4.78, 5) is 27.2. The van der Waals surface area contributed by atoms with Gasteiger partial charge in [0, 0.05) is 17.3 Å². The zero-order chi connectivity index (χ0) is 20.0. The summed E-state index contributed by atoms with van der Waals surface area (Å²) in [6.45, 7) is 6.76. The second-order valence-corrected chi connectivity index (χ2v) is 6.91. The Bertz CT molecular complexity index is 781. The molecule has 0 unspecified atom stereocenters. The summed E-state index contributed by atoms with van der Waals surface area (Å²) in [5.74, 6) is -0.935. The maximum Gasteiger partial charge on any atom is 0.355 e. The van der Waals surface area contributed by atoms with Crippen LogP contribution in [0.2, 0.25) is 0 Å². The third-order valence-electron chi connectivity index (χ3n) is 4.57. The second kappa shape index (κ2) is 9.37. The van der Waals surface area contributed by atoms with Crippen molar-refractivity contribution in [2.75, 3.05) is 6.61 Å². The number of ether oxygens (including phenoxy) is 1. The molecule has 0 saturated heterocycles. The summed E-state index contributed by atoms with van der Waals surface area (Å²) in [5, 5.41) is 12.6. The molecule has 146 valence electrons. The maximum absolute atomic E-state index is 12.2. The fourth-order valence-corrected chi connectivity index (χ4v) is 3.22. The first-order valence-corrected chi connectivity index (χ1v) is 9.17. The van der Waals surface area contributed by atoms with Gasteiger partial charge in [0.2, 0.25) is 0 Å². The number of aliphatic hydroxyl groups excluding tert-OH is 1. The monoisotopic (exact) mass is 372 g/mol. The van der Waals surface area contributed by atoms with Crippen LogP contribution in [0, 0.1) is 13.8 Å². The minimum atomic E-state index is -0.684. The summed E-state index contributed by atoms with van der Waals surface area (Å²) in [6.07, 6.45) is 0.984. The lowest BCUT2D eigenvalue weighted by Crippen LogP contribution is -2.36. The van der Waals surface area contributed by atoms with Crippen LogP contribution in [0.1, 0.15) is 59.2 Å². The normalized spacial score (nSPS) is 13.1. The Labute approximate surface area is 159 Å². The van der Waals surface area contributed by atoms with Crippen LogP contribution in [0.4, 0.5) is 0 Å². The predicted octanol–water partition coefficient (Wildman–Crippen LogP) is 2.98. The maximum atomic E-state index is 12.2. The van der Waals surface area contributed by atoms with Gasteiger partial charge in [-0.25, -0.2) is 4.79 Å². The van der Waals surface area contributed by atoms with Crippen LogP contribution in [0.5, 0.6) is 0 Å². The van der Waals surface area contributed by atoms with Crippen LogP contribution >= 0.6 is 0 Å². The number of carbonyl (C=O) groups is 2. The van der Waals surface area contributed by atoms with E-state index in [9.17, 15) is 14.7 Å². The minimum absolute atomic E-state index is 0.0206. The standard InChI is InChI=1S/C21H28N2O4/c1-13(10-11-17-8-6-5-7-9-17)22-18(25)12-27-21(26)20-14(2)19(16(4)24)15(3)23-20/h5-9,13,16,23-24H,10-12H2,1-4H3,(H,22,25)/t13-,16+/m1/s1. The highest BCUT2D eigenvalue weighted by atomic mass is 16.5. The molecule has 1 amide bonds. The van der Waals surface area contributed by atoms with Crippen molar-refractivity contribution in [3.8, 4) is 0 Å². The molecule has 0 bridgehead atoms. The Hall–Kier alpha value is -2.60. The molecule has 2 atom stereocenters. The molecule has 0 spiro atoms. The average Bonchev–Trinajstić information content (AvgIpc) is 2.93. The quantitative estimate of drug-likeness (QED) is 0.621. The Morgan fingerprint density at radius 1 is 1.19 bits per heavy atom. The molecule has 1 heterocycles. The highest BCUT2D eigenvalue weighted by Crippen LogP contribution is 2.24. The van der Waals surface area contributed by atoms with E-state index in [-0.39, 0.29) is 24.2 Å². The number of esters is 1. The smallest absolute Gasteiger partial charge is 0.355 e. The number of aryl methyl sites for hydroxylation is 2. The van der Waals surface area contributed by atoms with Crippen LogP contribution in [-0.4, -0.2) is 34.6 Å². The molecule has 0 aliphatic heterocycles. The Morgan fingerprint density at radius 2 is 1.85 bits per heavy atom. The third kappa shape index (κ3) is 5.69. The highest BCUT2D eigenvalue weighted by molar-refractivity contribution is 5.91. The van der Waals surface area contributed by atoms with Gasteiger partial charge >= 0.3 is 5.97 Å². The van der Waals surface area contributed by atoms with E-state index in [1.165, 1.54) is 5.56 Å². The summed E-state index contributed by atoms with van der Waals surface area (Å²) in [6, 6.07) is 10.0.